The van der Waals surface area contributed by atoms with Crippen LogP contribution in [0.3, 0.4) is 0 Å². The third-order valence-corrected chi connectivity index (χ3v) is 10.5. The molecular weight excluding hydrogens is 580 g/mol. The number of hydrogen-bond donors (Lipinski definition) is 0. The van der Waals surface area contributed by atoms with Crippen LogP contribution in [-0.4, -0.2) is 55.7 Å². The average Bonchev–Trinajstić information content (AvgIpc) is 3.52. The highest BCUT2D eigenvalue weighted by Gasteiger charge is 2.32. The lowest BCUT2D eigenvalue weighted by molar-refractivity contribution is -0.144. The van der Waals surface area contributed by atoms with Gasteiger partial charge in [0.05, 0.1) is 47.7 Å². The van der Waals surface area contributed by atoms with Gasteiger partial charge in [0.15, 0.2) is 32.8 Å². The summed E-state index contributed by atoms with van der Waals surface area (Å²) < 4.78 is 59.9. The van der Waals surface area contributed by atoms with E-state index in [1.54, 1.807) is 39.2 Å². The molecule has 0 aliphatic carbocycles. The first-order chi connectivity index (χ1) is 20.2. The topological polar surface area (TPSA) is 107 Å². The number of hydrogen-bond acceptors (Lipinski definition) is 10. The summed E-state index contributed by atoms with van der Waals surface area (Å²) in [5.41, 5.74) is 2.66. The Bertz CT molecular complexity index is 1460. The summed E-state index contributed by atoms with van der Waals surface area (Å²) in [5, 5.41) is 0.120. The van der Waals surface area contributed by atoms with Crippen molar-refractivity contribution < 1.29 is 41.6 Å². The minimum Gasteiger partial charge on any atom is -0.493 e. The zero-order valence-corrected chi connectivity index (χ0v) is 26.0. The van der Waals surface area contributed by atoms with Crippen molar-refractivity contribution in [3.05, 3.63) is 71.3 Å². The van der Waals surface area contributed by atoms with Crippen LogP contribution in [0.25, 0.3) is 0 Å². The summed E-state index contributed by atoms with van der Waals surface area (Å²) in [7, 11) is 3.68. The van der Waals surface area contributed by atoms with Crippen LogP contribution in [-0.2, 0) is 26.0 Å². The molecule has 0 spiro atoms. The van der Waals surface area contributed by atoms with Crippen molar-refractivity contribution in [2.75, 3.05) is 41.3 Å². The van der Waals surface area contributed by atoms with E-state index in [0.717, 1.165) is 29.5 Å². The van der Waals surface area contributed by atoms with Gasteiger partial charge in [-0.2, -0.15) is 0 Å². The smallest absolute Gasteiger partial charge is 0.307 e. The molecule has 3 aromatic rings. The van der Waals surface area contributed by atoms with Gasteiger partial charge in [0, 0.05) is 10.5 Å². The van der Waals surface area contributed by atoms with E-state index in [1.165, 1.54) is 14.2 Å². The molecule has 3 aromatic carbocycles. The van der Waals surface area contributed by atoms with Gasteiger partial charge in [-0.05, 0) is 53.8 Å². The second-order valence-corrected chi connectivity index (χ2v) is 13.1. The molecule has 0 aromatic heterocycles. The van der Waals surface area contributed by atoms with E-state index >= 15 is 0 Å². The molecule has 9 nitrogen and oxygen atoms in total. The lowest BCUT2D eigenvalue weighted by atomic mass is 10.0. The first kappa shape index (κ1) is 31.4. The highest BCUT2D eigenvalue weighted by molar-refractivity contribution is 8.00. The Morgan fingerprint density at radius 3 is 1.81 bits per heavy atom. The molecule has 4 rings (SSSR count). The van der Waals surface area contributed by atoms with Gasteiger partial charge in [-0.1, -0.05) is 30.3 Å². The SMILES string of the molecule is COc1cc([C@H]2CC[C@H](c3cc(OC)c(OC)c(S(=O)(=O)CCC(=O)OCc4ccccc4)c3)S2)cc(OC)c1OC. The van der Waals surface area contributed by atoms with Crippen LogP contribution in [0.5, 0.6) is 28.7 Å². The van der Waals surface area contributed by atoms with E-state index in [2.05, 4.69) is 0 Å². The Kier molecular flexibility index (Phi) is 10.5. The quantitative estimate of drug-likeness (QED) is 0.214. The van der Waals surface area contributed by atoms with Crippen LogP contribution in [0.4, 0.5) is 0 Å². The number of sulfone groups is 1. The molecule has 11 heteroatoms. The van der Waals surface area contributed by atoms with E-state index in [1.807, 2.05) is 48.5 Å². The van der Waals surface area contributed by atoms with Gasteiger partial charge >= 0.3 is 5.97 Å². The van der Waals surface area contributed by atoms with Crippen molar-refractivity contribution in [2.45, 2.75) is 41.3 Å². The molecule has 0 N–H and O–H groups in total. The largest absolute Gasteiger partial charge is 0.493 e. The molecule has 1 fully saturated rings. The van der Waals surface area contributed by atoms with Crippen molar-refractivity contribution >= 4 is 27.6 Å². The second-order valence-electron chi connectivity index (χ2n) is 9.62. The lowest BCUT2D eigenvalue weighted by Gasteiger charge is -2.19. The Balaban J connectivity index is 1.54. The first-order valence-electron chi connectivity index (χ1n) is 13.4. The zero-order valence-electron chi connectivity index (χ0n) is 24.4. The summed E-state index contributed by atoms with van der Waals surface area (Å²) >= 11 is 1.73. The Morgan fingerprint density at radius 1 is 0.762 bits per heavy atom. The van der Waals surface area contributed by atoms with Gasteiger partial charge in [-0.15, -0.1) is 11.8 Å². The van der Waals surface area contributed by atoms with Crippen molar-refractivity contribution in [1.82, 2.24) is 0 Å². The van der Waals surface area contributed by atoms with Crippen molar-refractivity contribution in [3.8, 4) is 28.7 Å². The van der Waals surface area contributed by atoms with Crippen molar-refractivity contribution in [1.29, 1.82) is 0 Å². The maximum atomic E-state index is 13.5. The van der Waals surface area contributed by atoms with Gasteiger partial charge in [0.1, 0.15) is 11.5 Å². The minimum atomic E-state index is -3.92. The molecule has 226 valence electrons. The summed E-state index contributed by atoms with van der Waals surface area (Å²) in [6.45, 7) is 0.0817. The molecular formula is C31H36O9S2. The summed E-state index contributed by atoms with van der Waals surface area (Å²) in [4.78, 5) is 12.4. The van der Waals surface area contributed by atoms with Crippen LogP contribution >= 0.6 is 11.8 Å². The molecule has 1 aliphatic heterocycles. The van der Waals surface area contributed by atoms with Gasteiger partial charge in [0.25, 0.3) is 0 Å². The van der Waals surface area contributed by atoms with Crippen molar-refractivity contribution in [3.63, 3.8) is 0 Å². The van der Waals surface area contributed by atoms with Crippen molar-refractivity contribution in [2.24, 2.45) is 0 Å². The second kappa shape index (κ2) is 14.1. The third-order valence-electron chi connectivity index (χ3n) is 7.07. The average molecular weight is 617 g/mol. The molecule has 1 aliphatic rings. The Hall–Kier alpha value is -3.57. The van der Waals surface area contributed by atoms with Crippen LogP contribution in [0.2, 0.25) is 0 Å². The predicted octanol–water partition coefficient (Wildman–Crippen LogP) is 5.95. The molecule has 2 atom stereocenters. The van der Waals surface area contributed by atoms with Crippen LogP contribution in [0.1, 0.15) is 46.5 Å². The molecule has 0 saturated carbocycles. The summed E-state index contributed by atoms with van der Waals surface area (Å²) in [5.74, 6) is 1.11. The summed E-state index contributed by atoms with van der Waals surface area (Å²) in [6.07, 6.45) is 1.39. The van der Waals surface area contributed by atoms with Gasteiger partial charge in [0.2, 0.25) is 5.75 Å². The number of ether oxygens (including phenoxy) is 6. The van der Waals surface area contributed by atoms with E-state index in [-0.39, 0.29) is 34.2 Å². The zero-order chi connectivity index (χ0) is 30.3. The van der Waals surface area contributed by atoms with E-state index in [0.29, 0.717) is 23.0 Å². The number of methoxy groups -OCH3 is 5. The highest BCUT2D eigenvalue weighted by atomic mass is 32.2. The number of thioether (sulfide) groups is 1. The van der Waals surface area contributed by atoms with Crippen LogP contribution in [0.15, 0.2) is 59.5 Å². The maximum Gasteiger partial charge on any atom is 0.307 e. The molecule has 1 heterocycles. The molecule has 0 unspecified atom stereocenters. The van der Waals surface area contributed by atoms with E-state index < -0.39 is 21.6 Å². The molecule has 0 radical (unpaired) electrons. The fourth-order valence-corrected chi connectivity index (χ4v) is 7.88. The fourth-order valence-electron chi connectivity index (χ4n) is 4.92. The Morgan fingerprint density at radius 2 is 1.29 bits per heavy atom. The molecule has 0 amide bonds. The highest BCUT2D eigenvalue weighted by Crippen LogP contribution is 2.55. The van der Waals surface area contributed by atoms with Gasteiger partial charge in [-0.25, -0.2) is 8.42 Å². The van der Waals surface area contributed by atoms with E-state index in [9.17, 15) is 13.2 Å². The molecule has 1 saturated heterocycles. The van der Waals surface area contributed by atoms with Crippen LogP contribution in [0, 0.1) is 0 Å². The summed E-state index contributed by atoms with van der Waals surface area (Å²) in [6, 6.07) is 16.6. The number of rotatable bonds is 13. The van der Waals surface area contributed by atoms with Crippen LogP contribution < -0.4 is 23.7 Å². The normalized spacial score (nSPS) is 16.5. The van der Waals surface area contributed by atoms with Gasteiger partial charge in [-0.3, -0.25) is 4.79 Å². The van der Waals surface area contributed by atoms with Gasteiger partial charge < -0.3 is 28.4 Å². The number of benzene rings is 3. The molecule has 42 heavy (non-hydrogen) atoms. The predicted molar refractivity (Wildman–Crippen MR) is 161 cm³/mol. The molecule has 0 bridgehead atoms. The minimum absolute atomic E-state index is 0.00122. The van der Waals surface area contributed by atoms with E-state index in [4.69, 9.17) is 28.4 Å². The number of carbonyl (C=O) groups is 1. The third kappa shape index (κ3) is 7.07. The number of carbonyl (C=O) groups excluding carboxylic acids is 1. The lowest BCUT2D eigenvalue weighted by Crippen LogP contribution is -2.15. The Labute approximate surface area is 251 Å². The first-order valence-corrected chi connectivity index (χ1v) is 16.0. The maximum absolute atomic E-state index is 13.5. The monoisotopic (exact) mass is 616 g/mol. The standard InChI is InChI=1S/C31H36O9S2/c1-35-23-15-21(16-24(36-2)30(23)38-4)26-11-12-27(41-26)22-17-25(37-3)31(39-5)28(18-22)42(33,34)14-13-29(32)40-19-20-9-7-6-8-10-20/h6-10,15-18,26-27H,11-14,19H2,1-5H3/t26-,27-/m1/s1. The number of esters is 1. The fraction of sp³-hybridized carbons (Fsp3) is 0.387.